The van der Waals surface area contributed by atoms with E-state index >= 15 is 0 Å². The number of hydrazone groups is 1. The molecule has 0 aliphatic rings. The molecule has 3 N–H and O–H groups in total. The Morgan fingerprint density at radius 1 is 1.03 bits per heavy atom. The molecule has 0 saturated heterocycles. The third-order valence-corrected chi connectivity index (χ3v) is 4.20. The molecule has 0 saturated carbocycles. The summed E-state index contributed by atoms with van der Waals surface area (Å²) in [5.74, 6) is -1.45. The second-order valence-corrected chi connectivity index (χ2v) is 7.20. The molecule has 0 bridgehead atoms. The Morgan fingerprint density at radius 2 is 1.76 bits per heavy atom. The molecule has 174 valence electrons. The Balaban J connectivity index is 1.98. The zero-order valence-corrected chi connectivity index (χ0v) is 19.2. The fourth-order valence-electron chi connectivity index (χ4n) is 2.42. The molecule has 0 aromatic heterocycles. The summed E-state index contributed by atoms with van der Waals surface area (Å²) >= 11 is 11.9. The minimum atomic E-state index is -0.912. The largest absolute Gasteiger partial charge is 0.490 e. The normalized spacial score (nSPS) is 10.4. The first-order valence-electron chi connectivity index (χ1n) is 9.70. The topological polar surface area (TPSA) is 118 Å². The Labute approximate surface area is 200 Å². The predicted molar refractivity (Wildman–Crippen MR) is 127 cm³/mol. The molecule has 11 heteroatoms. The molecular formula is C22H22Cl2N4O5. The van der Waals surface area contributed by atoms with Crippen LogP contribution in [0, 0.1) is 0 Å². The molecule has 2 aromatic rings. The van der Waals surface area contributed by atoms with Gasteiger partial charge in [-0.15, -0.1) is 6.58 Å². The van der Waals surface area contributed by atoms with Crippen molar-refractivity contribution >= 4 is 52.8 Å². The summed E-state index contributed by atoms with van der Waals surface area (Å²) in [7, 11) is 0. The first kappa shape index (κ1) is 25.7. The molecule has 33 heavy (non-hydrogen) atoms. The number of halogens is 2. The average molecular weight is 493 g/mol. The van der Waals surface area contributed by atoms with Crippen molar-refractivity contribution in [2.45, 2.75) is 6.92 Å². The second-order valence-electron chi connectivity index (χ2n) is 6.33. The molecule has 0 radical (unpaired) electrons. The molecule has 9 nitrogen and oxygen atoms in total. The fourth-order valence-corrected chi connectivity index (χ4v) is 2.95. The Hall–Kier alpha value is -3.56. The number of ether oxygens (including phenoxy) is 2. The van der Waals surface area contributed by atoms with E-state index in [1.807, 2.05) is 0 Å². The Bertz CT molecular complexity index is 1040. The summed E-state index contributed by atoms with van der Waals surface area (Å²) in [6, 6.07) is 9.52. The zero-order valence-electron chi connectivity index (χ0n) is 17.7. The highest BCUT2D eigenvalue weighted by molar-refractivity contribution is 6.35. The van der Waals surface area contributed by atoms with E-state index in [1.165, 1.54) is 12.3 Å². The monoisotopic (exact) mass is 492 g/mol. The van der Waals surface area contributed by atoms with Gasteiger partial charge >= 0.3 is 11.8 Å². The smallest absolute Gasteiger partial charge is 0.329 e. The van der Waals surface area contributed by atoms with E-state index < -0.39 is 17.7 Å². The van der Waals surface area contributed by atoms with Crippen molar-refractivity contribution in [1.29, 1.82) is 0 Å². The number of amides is 3. The zero-order chi connectivity index (χ0) is 24.2. The van der Waals surface area contributed by atoms with Crippen molar-refractivity contribution in [3.63, 3.8) is 0 Å². The van der Waals surface area contributed by atoms with Gasteiger partial charge in [0.2, 0.25) is 0 Å². The molecule has 0 heterocycles. The molecule has 2 aromatic carbocycles. The highest BCUT2D eigenvalue weighted by Gasteiger charge is 2.12. The van der Waals surface area contributed by atoms with E-state index in [0.29, 0.717) is 39.4 Å². The van der Waals surface area contributed by atoms with Gasteiger partial charge in [-0.25, -0.2) is 5.43 Å². The van der Waals surface area contributed by atoms with Crippen molar-refractivity contribution in [3.8, 4) is 11.5 Å². The molecule has 0 unspecified atom stereocenters. The number of hydrogen-bond acceptors (Lipinski definition) is 6. The molecule has 0 atom stereocenters. The van der Waals surface area contributed by atoms with Gasteiger partial charge in [-0.2, -0.15) is 5.10 Å². The molecule has 3 amide bonds. The minimum Gasteiger partial charge on any atom is -0.490 e. The Kier molecular flexibility index (Phi) is 10.2. The van der Waals surface area contributed by atoms with Crippen molar-refractivity contribution in [3.05, 3.63) is 64.7 Å². The van der Waals surface area contributed by atoms with Crippen molar-refractivity contribution in [2.75, 3.05) is 25.1 Å². The van der Waals surface area contributed by atoms with Crippen LogP contribution in [0.2, 0.25) is 10.0 Å². The second kappa shape index (κ2) is 13.1. The number of carbonyl (C=O) groups is 3. The lowest BCUT2D eigenvalue weighted by molar-refractivity contribution is -0.139. The van der Waals surface area contributed by atoms with E-state index in [0.717, 1.165) is 0 Å². The van der Waals surface area contributed by atoms with Crippen LogP contribution in [-0.2, 0) is 14.4 Å². The summed E-state index contributed by atoms with van der Waals surface area (Å²) in [4.78, 5) is 35.3. The summed E-state index contributed by atoms with van der Waals surface area (Å²) < 4.78 is 11.1. The third kappa shape index (κ3) is 8.83. The van der Waals surface area contributed by atoms with Crippen LogP contribution in [-0.4, -0.2) is 43.7 Å². The highest BCUT2D eigenvalue weighted by Crippen LogP contribution is 2.28. The van der Waals surface area contributed by atoms with Gasteiger partial charge in [0.25, 0.3) is 5.91 Å². The van der Waals surface area contributed by atoms with Crippen molar-refractivity contribution in [2.24, 2.45) is 5.10 Å². The van der Waals surface area contributed by atoms with Gasteiger partial charge < -0.3 is 20.1 Å². The lowest BCUT2D eigenvalue weighted by atomic mass is 10.2. The van der Waals surface area contributed by atoms with Gasteiger partial charge in [0, 0.05) is 22.3 Å². The van der Waals surface area contributed by atoms with E-state index in [2.05, 4.69) is 27.7 Å². The summed E-state index contributed by atoms with van der Waals surface area (Å²) in [6.45, 7) is 5.47. The van der Waals surface area contributed by atoms with Crippen LogP contribution in [0.3, 0.4) is 0 Å². The van der Waals surface area contributed by atoms with Gasteiger partial charge in [0.1, 0.15) is 0 Å². The van der Waals surface area contributed by atoms with Crippen LogP contribution in [0.25, 0.3) is 0 Å². The van der Waals surface area contributed by atoms with E-state index in [-0.39, 0.29) is 13.2 Å². The maximum Gasteiger partial charge on any atom is 0.329 e. The maximum absolute atomic E-state index is 12.2. The predicted octanol–water partition coefficient (Wildman–Crippen LogP) is 3.16. The number of carbonyl (C=O) groups excluding carboxylic acids is 3. The average Bonchev–Trinajstić information content (AvgIpc) is 2.76. The van der Waals surface area contributed by atoms with Crippen LogP contribution < -0.4 is 25.5 Å². The number of nitrogens with zero attached hydrogens (tertiary/aromatic N) is 1. The van der Waals surface area contributed by atoms with E-state index in [1.54, 1.807) is 43.3 Å². The van der Waals surface area contributed by atoms with Crippen LogP contribution in [0.4, 0.5) is 5.69 Å². The summed E-state index contributed by atoms with van der Waals surface area (Å²) in [5, 5.41) is 9.50. The first-order chi connectivity index (χ1) is 15.8. The van der Waals surface area contributed by atoms with Crippen LogP contribution in [0.1, 0.15) is 12.5 Å². The lowest BCUT2D eigenvalue weighted by Gasteiger charge is -2.13. The van der Waals surface area contributed by atoms with E-state index in [9.17, 15) is 14.4 Å². The van der Waals surface area contributed by atoms with Gasteiger partial charge in [0.15, 0.2) is 18.1 Å². The van der Waals surface area contributed by atoms with Crippen molar-refractivity contribution < 1.29 is 23.9 Å². The van der Waals surface area contributed by atoms with Crippen LogP contribution in [0.5, 0.6) is 11.5 Å². The maximum atomic E-state index is 12.2. The number of anilines is 1. The lowest BCUT2D eigenvalue weighted by Crippen LogP contribution is -2.37. The number of rotatable bonds is 10. The molecule has 0 aliphatic heterocycles. The minimum absolute atomic E-state index is 0.167. The molecule has 0 spiro atoms. The third-order valence-electron chi connectivity index (χ3n) is 3.77. The highest BCUT2D eigenvalue weighted by atomic mass is 35.5. The van der Waals surface area contributed by atoms with Crippen LogP contribution >= 0.6 is 23.2 Å². The van der Waals surface area contributed by atoms with Gasteiger partial charge in [-0.1, -0.05) is 29.3 Å². The number of benzene rings is 2. The molecule has 0 aliphatic carbocycles. The standard InChI is InChI=1S/C22H22Cl2N4O5/c1-3-7-25-21(30)22(31)28-26-12-14-5-6-18(19(8-14)32-4-2)33-13-20(29)27-17-10-15(23)9-16(24)11-17/h3,5-6,8-12H,1,4,7,13H2,2H3,(H,25,30)(H,27,29)(H,28,31)/b26-12+. The van der Waals surface area contributed by atoms with Crippen molar-refractivity contribution in [1.82, 2.24) is 10.7 Å². The number of hydrogen-bond donors (Lipinski definition) is 3. The summed E-state index contributed by atoms with van der Waals surface area (Å²) in [6.07, 6.45) is 2.78. The first-order valence-corrected chi connectivity index (χ1v) is 10.5. The molecule has 2 rings (SSSR count). The summed E-state index contributed by atoms with van der Waals surface area (Å²) in [5.41, 5.74) is 3.13. The van der Waals surface area contributed by atoms with Gasteiger partial charge in [-0.05, 0) is 48.9 Å². The van der Waals surface area contributed by atoms with Gasteiger partial charge in [0.05, 0.1) is 12.8 Å². The quantitative estimate of drug-likeness (QED) is 0.203. The Morgan fingerprint density at radius 3 is 2.42 bits per heavy atom. The van der Waals surface area contributed by atoms with Crippen LogP contribution in [0.15, 0.2) is 54.2 Å². The molecule has 0 fully saturated rings. The van der Waals surface area contributed by atoms with E-state index in [4.69, 9.17) is 32.7 Å². The SMILES string of the molecule is C=CCNC(=O)C(=O)N/N=C/c1ccc(OCC(=O)Nc2cc(Cl)cc(Cl)c2)c(OCC)c1. The number of nitrogens with one attached hydrogen (secondary N) is 3. The molecular weight excluding hydrogens is 471 g/mol. The van der Waals surface area contributed by atoms with Gasteiger partial charge in [-0.3, -0.25) is 14.4 Å². The fraction of sp³-hybridized carbons (Fsp3) is 0.182.